The van der Waals surface area contributed by atoms with E-state index in [-0.39, 0.29) is 29.4 Å². The first-order valence-electron chi connectivity index (χ1n) is 10.4. The second-order valence-corrected chi connectivity index (χ2v) is 10.5. The minimum absolute atomic E-state index is 0.0610. The molecule has 2 N–H and O–H groups in total. The van der Waals surface area contributed by atoms with Gasteiger partial charge in [-0.15, -0.1) is 0 Å². The van der Waals surface area contributed by atoms with Gasteiger partial charge in [0.1, 0.15) is 6.07 Å². The Hall–Kier alpha value is -3.45. The molecule has 3 aromatic heterocycles. The Labute approximate surface area is 186 Å². The third kappa shape index (κ3) is 4.57. The Morgan fingerprint density at radius 2 is 2.12 bits per heavy atom. The molecule has 0 saturated carbocycles. The number of carbonyl (C=O) groups is 1. The van der Waals surface area contributed by atoms with Crippen LogP contribution in [-0.4, -0.2) is 53.0 Å². The topological polar surface area (TPSA) is 129 Å². The SMILES string of the molecule is CC(C)Nc1cc(-c2ccc3cc(C#N)cnn23)ncc1C(=O)NCC1CCS(=O)(=O)C1. The lowest BCUT2D eigenvalue weighted by Gasteiger charge is -2.16. The van der Waals surface area contributed by atoms with Gasteiger partial charge in [-0.1, -0.05) is 0 Å². The number of carbonyl (C=O) groups excluding carboxylic acids is 1. The number of hydrogen-bond donors (Lipinski definition) is 2. The standard InChI is InChI=1S/C22H24N6O3S/c1-14(2)27-19-8-20(21-4-3-17-7-16(9-23)11-26-28(17)21)24-12-18(19)22(29)25-10-15-5-6-32(30,31)13-15/h3-4,7-8,11-12,14-15H,5-6,10,13H2,1-2H3,(H,24,27)(H,25,29). The number of anilines is 1. The van der Waals surface area contributed by atoms with Crippen LogP contribution in [0.3, 0.4) is 0 Å². The van der Waals surface area contributed by atoms with Gasteiger partial charge in [0, 0.05) is 18.8 Å². The molecule has 1 saturated heterocycles. The van der Waals surface area contributed by atoms with Crippen molar-refractivity contribution in [2.45, 2.75) is 26.3 Å². The van der Waals surface area contributed by atoms with E-state index >= 15 is 0 Å². The lowest BCUT2D eigenvalue weighted by atomic mass is 10.1. The molecule has 0 bridgehead atoms. The van der Waals surface area contributed by atoms with Crippen molar-refractivity contribution in [1.82, 2.24) is 19.9 Å². The van der Waals surface area contributed by atoms with Crippen LogP contribution in [0.25, 0.3) is 16.9 Å². The summed E-state index contributed by atoms with van der Waals surface area (Å²) in [6.07, 6.45) is 3.58. The minimum atomic E-state index is -2.99. The highest BCUT2D eigenvalue weighted by molar-refractivity contribution is 7.91. The van der Waals surface area contributed by atoms with Gasteiger partial charge in [-0.05, 0) is 50.5 Å². The quantitative estimate of drug-likeness (QED) is 0.587. The number of nitriles is 1. The fourth-order valence-electron chi connectivity index (χ4n) is 3.83. The Morgan fingerprint density at radius 3 is 2.81 bits per heavy atom. The molecular formula is C22H24N6O3S. The Balaban J connectivity index is 1.61. The molecule has 1 atom stereocenters. The van der Waals surface area contributed by atoms with Gasteiger partial charge >= 0.3 is 0 Å². The van der Waals surface area contributed by atoms with Gasteiger partial charge in [-0.2, -0.15) is 10.4 Å². The highest BCUT2D eigenvalue weighted by Crippen LogP contribution is 2.26. The van der Waals surface area contributed by atoms with Gasteiger partial charge in [0.15, 0.2) is 9.84 Å². The molecule has 3 aromatic rings. The van der Waals surface area contributed by atoms with Crippen molar-refractivity contribution < 1.29 is 13.2 Å². The first-order valence-corrected chi connectivity index (χ1v) is 12.2. The smallest absolute Gasteiger partial charge is 0.254 e. The number of hydrogen-bond acceptors (Lipinski definition) is 7. The van der Waals surface area contributed by atoms with Crippen molar-refractivity contribution in [2.24, 2.45) is 5.92 Å². The second kappa shape index (κ2) is 8.59. The average molecular weight is 453 g/mol. The molecule has 166 valence electrons. The van der Waals surface area contributed by atoms with Crippen LogP contribution in [-0.2, 0) is 9.84 Å². The zero-order valence-corrected chi connectivity index (χ0v) is 18.7. The fourth-order valence-corrected chi connectivity index (χ4v) is 5.69. The van der Waals surface area contributed by atoms with E-state index in [0.717, 1.165) is 11.2 Å². The normalized spacial score (nSPS) is 17.4. The predicted octanol–water partition coefficient (Wildman–Crippen LogP) is 2.25. The van der Waals surface area contributed by atoms with Crippen LogP contribution < -0.4 is 10.6 Å². The lowest BCUT2D eigenvalue weighted by molar-refractivity contribution is 0.0949. The highest BCUT2D eigenvalue weighted by Gasteiger charge is 2.28. The van der Waals surface area contributed by atoms with Crippen molar-refractivity contribution in [3.63, 3.8) is 0 Å². The van der Waals surface area contributed by atoms with Crippen molar-refractivity contribution in [2.75, 3.05) is 23.4 Å². The van der Waals surface area contributed by atoms with E-state index in [1.165, 1.54) is 12.4 Å². The summed E-state index contributed by atoms with van der Waals surface area (Å²) in [6.45, 7) is 4.26. The number of pyridine rings is 1. The molecule has 0 aromatic carbocycles. The van der Waals surface area contributed by atoms with E-state index in [4.69, 9.17) is 5.26 Å². The molecule has 32 heavy (non-hydrogen) atoms. The van der Waals surface area contributed by atoms with Crippen molar-refractivity contribution in [3.8, 4) is 17.5 Å². The van der Waals surface area contributed by atoms with Crippen LogP contribution in [0.4, 0.5) is 5.69 Å². The van der Waals surface area contributed by atoms with Crippen LogP contribution in [0, 0.1) is 17.2 Å². The van der Waals surface area contributed by atoms with Crippen molar-refractivity contribution >= 4 is 26.9 Å². The van der Waals surface area contributed by atoms with E-state index < -0.39 is 9.84 Å². The molecule has 0 aliphatic carbocycles. The molecule has 1 amide bonds. The number of rotatable bonds is 6. The fraction of sp³-hybridized carbons (Fsp3) is 0.364. The maximum Gasteiger partial charge on any atom is 0.254 e. The summed E-state index contributed by atoms with van der Waals surface area (Å²) in [6, 6.07) is 9.43. The third-order valence-corrected chi connectivity index (χ3v) is 7.20. The largest absolute Gasteiger partial charge is 0.382 e. The molecule has 1 aliphatic heterocycles. The van der Waals surface area contributed by atoms with E-state index in [0.29, 0.717) is 35.5 Å². The molecule has 1 unspecified atom stereocenters. The van der Waals surface area contributed by atoms with E-state index in [2.05, 4.69) is 26.8 Å². The Bertz CT molecular complexity index is 1320. The molecular weight excluding hydrogens is 428 g/mol. The summed E-state index contributed by atoms with van der Waals surface area (Å²) in [7, 11) is -2.99. The highest BCUT2D eigenvalue weighted by atomic mass is 32.2. The zero-order chi connectivity index (χ0) is 22.9. The average Bonchev–Trinajstić information content (AvgIpc) is 3.33. The van der Waals surface area contributed by atoms with Gasteiger partial charge in [-0.3, -0.25) is 9.78 Å². The summed E-state index contributed by atoms with van der Waals surface area (Å²) in [5.41, 5.74) is 3.63. The minimum Gasteiger partial charge on any atom is -0.382 e. The summed E-state index contributed by atoms with van der Waals surface area (Å²) >= 11 is 0. The van der Waals surface area contributed by atoms with Crippen molar-refractivity contribution in [1.29, 1.82) is 5.26 Å². The molecule has 1 aliphatic rings. The third-order valence-electron chi connectivity index (χ3n) is 5.36. The van der Waals surface area contributed by atoms with Crippen LogP contribution in [0.5, 0.6) is 0 Å². The van der Waals surface area contributed by atoms with Gasteiger partial charge in [-0.25, -0.2) is 12.9 Å². The van der Waals surface area contributed by atoms with Gasteiger partial charge < -0.3 is 10.6 Å². The lowest BCUT2D eigenvalue weighted by Crippen LogP contribution is -2.31. The number of sulfone groups is 1. The predicted molar refractivity (Wildman–Crippen MR) is 121 cm³/mol. The molecule has 0 radical (unpaired) electrons. The zero-order valence-electron chi connectivity index (χ0n) is 17.9. The maximum atomic E-state index is 12.9. The van der Waals surface area contributed by atoms with Gasteiger partial charge in [0.2, 0.25) is 0 Å². The first kappa shape index (κ1) is 21.8. The van der Waals surface area contributed by atoms with Crippen LogP contribution in [0.15, 0.2) is 36.7 Å². The van der Waals surface area contributed by atoms with Crippen LogP contribution >= 0.6 is 0 Å². The summed E-state index contributed by atoms with van der Waals surface area (Å²) in [5, 5.41) is 19.6. The monoisotopic (exact) mass is 452 g/mol. The second-order valence-electron chi connectivity index (χ2n) is 8.30. The number of fused-ring (bicyclic) bond motifs is 1. The number of amides is 1. The van der Waals surface area contributed by atoms with E-state index in [9.17, 15) is 13.2 Å². The van der Waals surface area contributed by atoms with Gasteiger partial charge in [0.05, 0.1) is 51.4 Å². The number of aromatic nitrogens is 3. The molecule has 10 heteroatoms. The van der Waals surface area contributed by atoms with E-state index in [1.807, 2.05) is 26.0 Å². The van der Waals surface area contributed by atoms with Crippen LogP contribution in [0.1, 0.15) is 36.2 Å². The van der Waals surface area contributed by atoms with Gasteiger partial charge in [0.25, 0.3) is 5.91 Å². The summed E-state index contributed by atoms with van der Waals surface area (Å²) < 4.78 is 25.0. The first-order chi connectivity index (χ1) is 15.3. The van der Waals surface area contributed by atoms with Crippen LogP contribution in [0.2, 0.25) is 0 Å². The summed E-state index contributed by atoms with van der Waals surface area (Å²) in [5.74, 6) is -0.0647. The molecule has 1 fully saturated rings. The molecule has 4 heterocycles. The van der Waals surface area contributed by atoms with Crippen molar-refractivity contribution in [3.05, 3.63) is 47.8 Å². The Kier molecular flexibility index (Phi) is 5.84. The molecule has 0 spiro atoms. The number of nitrogens with one attached hydrogen (secondary N) is 2. The summed E-state index contributed by atoms with van der Waals surface area (Å²) in [4.78, 5) is 17.3. The van der Waals surface area contributed by atoms with E-state index in [1.54, 1.807) is 16.6 Å². The molecule has 9 nitrogen and oxygen atoms in total. The maximum absolute atomic E-state index is 12.9. The Morgan fingerprint density at radius 1 is 1.31 bits per heavy atom. The number of nitrogens with zero attached hydrogens (tertiary/aromatic N) is 4. The molecule has 4 rings (SSSR count).